The van der Waals surface area contributed by atoms with E-state index >= 15 is 0 Å². The molecule has 2 N–H and O–H groups in total. The Kier molecular flexibility index (Phi) is 3.28. The van der Waals surface area contributed by atoms with Gasteiger partial charge in [-0.3, -0.25) is 0 Å². The number of hydrogen-bond acceptors (Lipinski definition) is 4. The maximum atomic E-state index is 8.77. The molecule has 0 unspecified atom stereocenters. The lowest BCUT2D eigenvalue weighted by Crippen LogP contribution is -2.27. The highest BCUT2D eigenvalue weighted by Gasteiger charge is 2.20. The predicted octanol–water partition coefficient (Wildman–Crippen LogP) is 2.07. The third-order valence-corrected chi connectivity index (χ3v) is 2.87. The Hall–Kier alpha value is -2.35. The zero-order valence-electron chi connectivity index (χ0n) is 10.4. The molecule has 2 rings (SSSR count). The molecule has 0 aromatic carbocycles. The van der Waals surface area contributed by atoms with Crippen LogP contribution in [0.5, 0.6) is 0 Å². The minimum absolute atomic E-state index is 0.0161. The van der Waals surface area contributed by atoms with Gasteiger partial charge < -0.3 is 10.3 Å². The second-order valence-electron chi connectivity index (χ2n) is 4.74. The molecule has 5 heteroatoms. The Morgan fingerprint density at radius 1 is 1.44 bits per heavy atom. The first kappa shape index (κ1) is 12.1. The van der Waals surface area contributed by atoms with Crippen molar-refractivity contribution < 1.29 is 0 Å². The monoisotopic (exact) mass is 241 g/mol. The average molecular weight is 241 g/mol. The van der Waals surface area contributed by atoms with Gasteiger partial charge in [-0.2, -0.15) is 5.26 Å². The fraction of sp³-hybridized carbons (Fsp3) is 0.308. The normalized spacial score (nSPS) is 10.9. The van der Waals surface area contributed by atoms with Crippen molar-refractivity contribution in [3.63, 3.8) is 0 Å². The van der Waals surface area contributed by atoms with Gasteiger partial charge in [0.15, 0.2) is 0 Å². The minimum Gasteiger partial charge on any atom is -0.369 e. The molecule has 0 aliphatic heterocycles. The lowest BCUT2D eigenvalue weighted by atomic mass is 9.86. The minimum atomic E-state index is -0.0161. The first-order chi connectivity index (χ1) is 8.62. The quantitative estimate of drug-likeness (QED) is 0.859. The lowest BCUT2D eigenvalue weighted by Gasteiger charge is -2.24. The summed E-state index contributed by atoms with van der Waals surface area (Å²) in [6.07, 6.45) is 5.29. The molecule has 0 saturated heterocycles. The van der Waals surface area contributed by atoms with Crippen LogP contribution in [-0.2, 0) is 5.41 Å². The Morgan fingerprint density at radius 2 is 2.28 bits per heavy atom. The summed E-state index contributed by atoms with van der Waals surface area (Å²) in [5.41, 5.74) is 1.58. The van der Waals surface area contributed by atoms with E-state index in [4.69, 9.17) is 5.26 Å². The molecule has 0 aliphatic rings. The largest absolute Gasteiger partial charge is 0.369 e. The van der Waals surface area contributed by atoms with Crippen molar-refractivity contribution in [1.29, 1.82) is 5.26 Å². The van der Waals surface area contributed by atoms with Crippen LogP contribution in [-0.4, -0.2) is 21.5 Å². The fourth-order valence-electron chi connectivity index (χ4n) is 1.67. The van der Waals surface area contributed by atoms with Crippen molar-refractivity contribution in [1.82, 2.24) is 15.0 Å². The number of H-pyrrole nitrogens is 1. The van der Waals surface area contributed by atoms with Crippen LogP contribution in [0, 0.1) is 11.3 Å². The Morgan fingerprint density at radius 3 is 2.94 bits per heavy atom. The Balaban J connectivity index is 2.05. The second kappa shape index (κ2) is 4.88. The lowest BCUT2D eigenvalue weighted by molar-refractivity contribution is 0.557. The van der Waals surface area contributed by atoms with E-state index < -0.39 is 0 Å². The van der Waals surface area contributed by atoms with Crippen molar-refractivity contribution in [2.45, 2.75) is 19.3 Å². The number of nitriles is 1. The topological polar surface area (TPSA) is 77.4 Å². The van der Waals surface area contributed by atoms with E-state index in [1.807, 2.05) is 18.5 Å². The van der Waals surface area contributed by atoms with Crippen LogP contribution in [0.3, 0.4) is 0 Å². The number of hydrogen-bond donors (Lipinski definition) is 2. The van der Waals surface area contributed by atoms with Crippen LogP contribution in [0.25, 0.3) is 0 Å². The molecule has 2 aromatic rings. The van der Waals surface area contributed by atoms with Crippen LogP contribution in [0.15, 0.2) is 30.9 Å². The standard InChI is InChI=1S/C13H15N5/c1-13(2,10-3-4-15-7-10)8-16-12-5-11(6-14)17-9-18-12/h3-5,7,9,15H,8H2,1-2H3,(H,16,17,18). The predicted molar refractivity (Wildman–Crippen MR) is 69.1 cm³/mol. The second-order valence-corrected chi connectivity index (χ2v) is 4.74. The maximum absolute atomic E-state index is 8.77. The molecule has 5 nitrogen and oxygen atoms in total. The molecule has 0 spiro atoms. The van der Waals surface area contributed by atoms with E-state index in [0.717, 1.165) is 6.54 Å². The van der Waals surface area contributed by atoms with E-state index in [2.05, 4.69) is 40.2 Å². The SMILES string of the molecule is CC(C)(CNc1cc(C#N)ncn1)c1cc[nH]c1. The van der Waals surface area contributed by atoms with E-state index in [1.165, 1.54) is 11.9 Å². The van der Waals surface area contributed by atoms with Crippen molar-refractivity contribution in [2.24, 2.45) is 0 Å². The summed E-state index contributed by atoms with van der Waals surface area (Å²) < 4.78 is 0. The Labute approximate surface area is 106 Å². The van der Waals surface area contributed by atoms with Gasteiger partial charge in [-0.1, -0.05) is 13.8 Å². The molecule has 2 aromatic heterocycles. The van der Waals surface area contributed by atoms with Gasteiger partial charge in [0.1, 0.15) is 23.9 Å². The molecule has 92 valence electrons. The number of nitrogens with one attached hydrogen (secondary N) is 2. The van der Waals surface area contributed by atoms with Crippen LogP contribution < -0.4 is 5.32 Å². The van der Waals surface area contributed by atoms with Crippen molar-refractivity contribution in [3.05, 3.63) is 42.1 Å². The van der Waals surface area contributed by atoms with Gasteiger partial charge in [0.25, 0.3) is 0 Å². The van der Waals surface area contributed by atoms with E-state index in [1.54, 1.807) is 6.07 Å². The molecular formula is C13H15N5. The van der Waals surface area contributed by atoms with Crippen molar-refractivity contribution in [3.8, 4) is 6.07 Å². The number of nitrogens with zero attached hydrogens (tertiary/aromatic N) is 3. The van der Waals surface area contributed by atoms with Crippen molar-refractivity contribution >= 4 is 5.82 Å². The summed E-state index contributed by atoms with van der Waals surface area (Å²) in [5.74, 6) is 0.671. The third kappa shape index (κ3) is 2.66. The molecule has 0 atom stereocenters. The van der Waals surface area contributed by atoms with E-state index in [9.17, 15) is 0 Å². The van der Waals surface area contributed by atoms with E-state index in [0.29, 0.717) is 11.5 Å². The summed E-state index contributed by atoms with van der Waals surface area (Å²) in [6.45, 7) is 5.03. The van der Waals surface area contributed by atoms with E-state index in [-0.39, 0.29) is 5.41 Å². The van der Waals surface area contributed by atoms with Gasteiger partial charge in [-0.15, -0.1) is 0 Å². The molecule has 0 radical (unpaired) electrons. The molecule has 0 aliphatic carbocycles. The number of aromatic nitrogens is 3. The van der Waals surface area contributed by atoms with Crippen LogP contribution in [0.4, 0.5) is 5.82 Å². The van der Waals surface area contributed by atoms with Crippen molar-refractivity contribution in [2.75, 3.05) is 11.9 Å². The van der Waals surface area contributed by atoms with Gasteiger partial charge in [-0.05, 0) is 11.6 Å². The zero-order chi connectivity index (χ0) is 13.0. The first-order valence-corrected chi connectivity index (χ1v) is 5.71. The molecule has 18 heavy (non-hydrogen) atoms. The van der Waals surface area contributed by atoms with Crippen LogP contribution in [0.1, 0.15) is 25.1 Å². The van der Waals surface area contributed by atoms with Gasteiger partial charge in [0.2, 0.25) is 0 Å². The average Bonchev–Trinajstić information content (AvgIpc) is 2.91. The van der Waals surface area contributed by atoms with Crippen LogP contribution >= 0.6 is 0 Å². The number of aromatic amines is 1. The summed E-state index contributed by atoms with van der Waals surface area (Å²) in [7, 11) is 0. The highest BCUT2D eigenvalue weighted by Crippen LogP contribution is 2.22. The highest BCUT2D eigenvalue weighted by atomic mass is 15.0. The number of rotatable bonds is 4. The first-order valence-electron chi connectivity index (χ1n) is 5.71. The molecular weight excluding hydrogens is 226 g/mol. The molecule has 0 amide bonds. The number of anilines is 1. The summed E-state index contributed by atoms with van der Waals surface area (Å²) >= 11 is 0. The van der Waals surface area contributed by atoms with Gasteiger partial charge >= 0.3 is 0 Å². The molecule has 0 saturated carbocycles. The van der Waals surface area contributed by atoms with Gasteiger partial charge in [0.05, 0.1) is 0 Å². The van der Waals surface area contributed by atoms with Gasteiger partial charge in [-0.25, -0.2) is 9.97 Å². The summed E-state index contributed by atoms with van der Waals surface area (Å²) in [5, 5.41) is 12.0. The van der Waals surface area contributed by atoms with Gasteiger partial charge in [0, 0.05) is 30.4 Å². The summed E-state index contributed by atoms with van der Waals surface area (Å²) in [4.78, 5) is 11.0. The smallest absolute Gasteiger partial charge is 0.145 e. The molecule has 0 fully saturated rings. The molecule has 2 heterocycles. The van der Waals surface area contributed by atoms with Crippen LogP contribution in [0.2, 0.25) is 0 Å². The zero-order valence-corrected chi connectivity index (χ0v) is 10.4. The molecule has 0 bridgehead atoms. The maximum Gasteiger partial charge on any atom is 0.145 e. The Bertz CT molecular complexity index is 551. The summed E-state index contributed by atoms with van der Waals surface area (Å²) in [6, 6.07) is 5.70. The highest BCUT2D eigenvalue weighted by molar-refractivity contribution is 5.39. The fourth-order valence-corrected chi connectivity index (χ4v) is 1.67. The third-order valence-electron chi connectivity index (χ3n) is 2.87.